The molecule has 0 saturated heterocycles. The summed E-state index contributed by atoms with van der Waals surface area (Å²) in [7, 11) is 1.28. The number of nitrogens with zero attached hydrogens (tertiary/aromatic N) is 2. The van der Waals surface area contributed by atoms with Crippen LogP contribution in [0.4, 0.5) is 15.9 Å². The number of anilines is 2. The number of rotatable bonds is 5. The minimum absolute atomic E-state index is 0.142. The molecule has 0 aliphatic heterocycles. The maximum absolute atomic E-state index is 13.8. The van der Waals surface area contributed by atoms with Crippen molar-refractivity contribution in [3.05, 3.63) is 59.7 Å². The van der Waals surface area contributed by atoms with E-state index in [0.29, 0.717) is 11.6 Å². The van der Waals surface area contributed by atoms with Gasteiger partial charge < -0.3 is 15.8 Å². The van der Waals surface area contributed by atoms with Crippen LogP contribution in [-0.2, 0) is 9.53 Å². The highest BCUT2D eigenvalue weighted by molar-refractivity contribution is 5.97. The molecule has 1 atom stereocenters. The topological polar surface area (TPSA) is 107 Å². The van der Waals surface area contributed by atoms with Crippen molar-refractivity contribution < 1.29 is 18.7 Å². The Morgan fingerprint density at radius 3 is 2.64 bits per heavy atom. The molecule has 0 radical (unpaired) electrons. The van der Waals surface area contributed by atoms with Crippen LogP contribution in [0.3, 0.4) is 0 Å². The molecule has 8 heteroatoms. The van der Waals surface area contributed by atoms with E-state index in [2.05, 4.69) is 15.3 Å². The Labute approximate surface area is 191 Å². The van der Waals surface area contributed by atoms with Crippen molar-refractivity contribution in [1.82, 2.24) is 9.97 Å². The fraction of sp³-hybridized carbons (Fsp3) is 0.360. The van der Waals surface area contributed by atoms with Gasteiger partial charge >= 0.3 is 5.97 Å². The van der Waals surface area contributed by atoms with Gasteiger partial charge in [-0.1, -0.05) is 6.92 Å². The van der Waals surface area contributed by atoms with Crippen LogP contribution in [0.5, 0.6) is 0 Å². The predicted octanol–water partition coefficient (Wildman–Crippen LogP) is 4.69. The smallest absolute Gasteiger partial charge is 0.339 e. The number of carbonyl (C=O) groups excluding carboxylic acids is 2. The molecule has 1 amide bonds. The number of methoxy groups -OCH3 is 1. The van der Waals surface area contributed by atoms with Gasteiger partial charge in [0.25, 0.3) is 0 Å². The second-order valence-electron chi connectivity index (χ2n) is 8.60. The van der Waals surface area contributed by atoms with Crippen LogP contribution in [0.1, 0.15) is 54.4 Å². The molecule has 1 aromatic carbocycles. The fourth-order valence-corrected chi connectivity index (χ4v) is 4.69. The molecule has 2 aromatic heterocycles. The van der Waals surface area contributed by atoms with E-state index in [1.54, 1.807) is 18.3 Å². The lowest BCUT2D eigenvalue weighted by atomic mass is 9.73. The van der Waals surface area contributed by atoms with Crippen LogP contribution in [0.2, 0.25) is 0 Å². The first-order chi connectivity index (χ1) is 15.9. The molecule has 0 spiro atoms. The van der Waals surface area contributed by atoms with Gasteiger partial charge in [0.2, 0.25) is 5.91 Å². The Morgan fingerprint density at radius 1 is 1.15 bits per heavy atom. The number of nitrogens with two attached hydrogens (primary N) is 1. The van der Waals surface area contributed by atoms with Crippen LogP contribution >= 0.6 is 0 Å². The number of halogens is 1. The molecular weight excluding hydrogens is 423 g/mol. The van der Waals surface area contributed by atoms with Gasteiger partial charge in [0.05, 0.1) is 23.9 Å². The number of hydrogen-bond acceptors (Lipinski definition) is 6. The molecule has 3 N–H and O–H groups in total. The highest BCUT2D eigenvalue weighted by atomic mass is 19.1. The van der Waals surface area contributed by atoms with Crippen LogP contribution in [0.15, 0.2) is 42.7 Å². The summed E-state index contributed by atoms with van der Waals surface area (Å²) in [5, 5.41) is 3.68. The maximum atomic E-state index is 13.8. The minimum atomic E-state index is -0.548. The summed E-state index contributed by atoms with van der Waals surface area (Å²) in [6.45, 7) is 1.91. The zero-order chi connectivity index (χ0) is 23.5. The first kappa shape index (κ1) is 22.6. The average Bonchev–Trinajstić information content (AvgIpc) is 2.84. The number of fused-ring (bicyclic) bond motifs is 1. The number of nitrogen functional groups attached to an aromatic ring is 1. The third kappa shape index (κ3) is 4.79. The quantitative estimate of drug-likeness (QED) is 0.546. The van der Waals surface area contributed by atoms with Crippen molar-refractivity contribution in [2.24, 2.45) is 11.8 Å². The Balaban J connectivity index is 1.42. The summed E-state index contributed by atoms with van der Waals surface area (Å²) in [6, 6.07) is 8.15. The molecule has 33 heavy (non-hydrogen) atoms. The molecule has 3 aromatic rings. The van der Waals surface area contributed by atoms with Gasteiger partial charge in [0.15, 0.2) is 0 Å². The molecule has 7 nitrogen and oxygen atoms in total. The average molecular weight is 451 g/mol. The molecular formula is C25H27FN4O3. The molecule has 0 unspecified atom stereocenters. The number of esters is 1. The summed E-state index contributed by atoms with van der Waals surface area (Å²) in [5.41, 5.74) is 8.32. The Bertz CT molecular complexity index is 1190. The number of ether oxygens (including phenoxy) is 1. The molecule has 1 aliphatic carbocycles. The Kier molecular flexibility index (Phi) is 6.53. The highest BCUT2D eigenvalue weighted by Gasteiger charge is 2.30. The van der Waals surface area contributed by atoms with Crippen molar-refractivity contribution in [2.75, 3.05) is 18.2 Å². The third-order valence-corrected chi connectivity index (χ3v) is 6.67. The van der Waals surface area contributed by atoms with E-state index in [1.807, 2.05) is 13.0 Å². The van der Waals surface area contributed by atoms with Crippen LogP contribution in [0.25, 0.3) is 10.9 Å². The van der Waals surface area contributed by atoms with Gasteiger partial charge in [0, 0.05) is 23.7 Å². The second-order valence-corrected chi connectivity index (χ2v) is 8.60. The van der Waals surface area contributed by atoms with E-state index in [-0.39, 0.29) is 34.9 Å². The minimum Gasteiger partial charge on any atom is -0.465 e. The number of pyridine rings is 2. The first-order valence-electron chi connectivity index (χ1n) is 11.1. The number of hydrogen-bond donors (Lipinski definition) is 2. The second kappa shape index (κ2) is 9.52. The Morgan fingerprint density at radius 2 is 1.91 bits per heavy atom. The molecule has 1 aliphatic rings. The van der Waals surface area contributed by atoms with E-state index < -0.39 is 5.97 Å². The molecule has 1 saturated carbocycles. The lowest BCUT2D eigenvalue weighted by Gasteiger charge is -2.32. The van der Waals surface area contributed by atoms with Crippen molar-refractivity contribution in [2.45, 2.75) is 38.5 Å². The van der Waals surface area contributed by atoms with Gasteiger partial charge in [-0.3, -0.25) is 9.78 Å². The summed E-state index contributed by atoms with van der Waals surface area (Å²) in [5.74, 6) is -0.550. The van der Waals surface area contributed by atoms with E-state index in [1.165, 1.54) is 25.4 Å². The molecule has 0 bridgehead atoms. The van der Waals surface area contributed by atoms with Gasteiger partial charge in [-0.25, -0.2) is 14.2 Å². The SMILES string of the molecule is COC(=O)c1cnc(N)c(NC(=O)[C@H](C)C2CCC(c3ccnc4ccc(F)cc34)CC2)c1. The standard InChI is InChI=1S/C25H27FN4O3/c1-14(24(31)30-22-11-17(25(32)33-2)13-29-23(22)27)15-3-5-16(6-4-15)19-9-10-28-21-8-7-18(26)12-20(19)21/h7-16H,3-6H2,1-2H3,(H2,27,29)(H,30,31)/t14-,15?,16?/m1/s1. The number of nitrogens with one attached hydrogen (secondary N) is 1. The lowest BCUT2D eigenvalue weighted by molar-refractivity contribution is -0.121. The molecule has 2 heterocycles. The molecule has 1 fully saturated rings. The normalized spacial score (nSPS) is 19.1. The number of benzene rings is 1. The van der Waals surface area contributed by atoms with E-state index >= 15 is 0 Å². The van der Waals surface area contributed by atoms with Gasteiger partial charge in [0.1, 0.15) is 11.6 Å². The molecule has 172 valence electrons. The zero-order valence-electron chi connectivity index (χ0n) is 18.7. The zero-order valence-corrected chi connectivity index (χ0v) is 18.7. The first-order valence-corrected chi connectivity index (χ1v) is 11.1. The van der Waals surface area contributed by atoms with E-state index in [9.17, 15) is 14.0 Å². The van der Waals surface area contributed by atoms with Crippen molar-refractivity contribution >= 4 is 34.3 Å². The highest BCUT2D eigenvalue weighted by Crippen LogP contribution is 2.41. The summed E-state index contributed by atoms with van der Waals surface area (Å²) >= 11 is 0. The number of carbonyl (C=O) groups is 2. The monoisotopic (exact) mass is 450 g/mol. The fourth-order valence-electron chi connectivity index (χ4n) is 4.69. The molecule has 4 rings (SSSR count). The maximum Gasteiger partial charge on any atom is 0.339 e. The van der Waals surface area contributed by atoms with Crippen LogP contribution < -0.4 is 11.1 Å². The van der Waals surface area contributed by atoms with Gasteiger partial charge in [-0.05, 0) is 73.4 Å². The summed E-state index contributed by atoms with van der Waals surface area (Å²) < 4.78 is 18.5. The van der Waals surface area contributed by atoms with Crippen molar-refractivity contribution in [3.63, 3.8) is 0 Å². The predicted molar refractivity (Wildman–Crippen MR) is 124 cm³/mol. The van der Waals surface area contributed by atoms with Crippen LogP contribution in [0, 0.1) is 17.7 Å². The van der Waals surface area contributed by atoms with Gasteiger partial charge in [-0.2, -0.15) is 0 Å². The van der Waals surface area contributed by atoms with Crippen LogP contribution in [-0.4, -0.2) is 29.0 Å². The van der Waals surface area contributed by atoms with Crippen molar-refractivity contribution in [3.8, 4) is 0 Å². The van der Waals surface area contributed by atoms with E-state index in [0.717, 1.165) is 42.1 Å². The van der Waals surface area contributed by atoms with Gasteiger partial charge in [-0.15, -0.1) is 0 Å². The largest absolute Gasteiger partial charge is 0.465 e. The van der Waals surface area contributed by atoms with E-state index in [4.69, 9.17) is 10.5 Å². The third-order valence-electron chi connectivity index (χ3n) is 6.67. The summed E-state index contributed by atoms with van der Waals surface area (Å²) in [4.78, 5) is 33.0. The number of amides is 1. The summed E-state index contributed by atoms with van der Waals surface area (Å²) in [6.07, 6.45) is 6.69. The Hall–Kier alpha value is -3.55. The lowest BCUT2D eigenvalue weighted by Crippen LogP contribution is -2.30. The van der Waals surface area contributed by atoms with Crippen molar-refractivity contribution in [1.29, 1.82) is 0 Å². The number of aromatic nitrogens is 2.